The molecule has 0 aliphatic carbocycles. The molecule has 0 aliphatic heterocycles. The average Bonchev–Trinajstić information content (AvgIpc) is 3.05. The van der Waals surface area contributed by atoms with Crippen molar-refractivity contribution in [1.29, 1.82) is 0 Å². The predicted octanol–water partition coefficient (Wildman–Crippen LogP) is 5.13. The number of thiophene rings is 1. The summed E-state index contributed by atoms with van der Waals surface area (Å²) in [4.78, 5) is 12.8. The number of ether oxygens (including phenoxy) is 1. The fourth-order valence-electron chi connectivity index (χ4n) is 2.11. The van der Waals surface area contributed by atoms with E-state index in [-0.39, 0.29) is 5.78 Å². The summed E-state index contributed by atoms with van der Waals surface area (Å²) in [6.07, 6.45) is 4.88. The Labute approximate surface area is 130 Å². The molecule has 3 heteroatoms. The smallest absolute Gasteiger partial charge is 0.173 e. The van der Waals surface area contributed by atoms with Crippen LogP contribution in [-0.2, 0) is 6.42 Å². The molecule has 0 N–H and O–H groups in total. The Kier molecular flexibility index (Phi) is 6.48. The van der Waals surface area contributed by atoms with Gasteiger partial charge in [0, 0.05) is 6.42 Å². The van der Waals surface area contributed by atoms with Crippen molar-refractivity contribution in [3.05, 3.63) is 52.2 Å². The van der Waals surface area contributed by atoms with Crippen LogP contribution >= 0.6 is 11.3 Å². The summed E-state index contributed by atoms with van der Waals surface area (Å²) in [7, 11) is 0. The van der Waals surface area contributed by atoms with Crippen LogP contribution in [0.2, 0.25) is 0 Å². The Morgan fingerprint density at radius 2 is 1.95 bits per heavy atom. The molecule has 0 atom stereocenters. The van der Waals surface area contributed by atoms with Gasteiger partial charge in [-0.1, -0.05) is 38.0 Å². The monoisotopic (exact) mass is 302 g/mol. The first kappa shape index (κ1) is 15.8. The van der Waals surface area contributed by atoms with Crippen LogP contribution in [0.25, 0.3) is 0 Å². The van der Waals surface area contributed by atoms with Crippen LogP contribution in [-0.4, -0.2) is 12.4 Å². The zero-order valence-corrected chi connectivity index (χ0v) is 13.3. The maximum atomic E-state index is 11.9. The molecule has 0 spiro atoms. The lowest BCUT2D eigenvalue weighted by Gasteiger charge is -2.06. The average molecular weight is 302 g/mol. The van der Waals surface area contributed by atoms with Crippen molar-refractivity contribution in [2.24, 2.45) is 0 Å². The number of Topliss-reactive ketones (excluding diaryl/α,β-unsaturated/α-hetero) is 1. The van der Waals surface area contributed by atoms with Gasteiger partial charge >= 0.3 is 0 Å². The molecule has 2 rings (SSSR count). The molecule has 0 radical (unpaired) electrons. The topological polar surface area (TPSA) is 26.3 Å². The molecule has 0 bridgehead atoms. The summed E-state index contributed by atoms with van der Waals surface area (Å²) >= 11 is 1.51. The molecular weight excluding hydrogens is 280 g/mol. The van der Waals surface area contributed by atoms with Crippen LogP contribution in [0.3, 0.4) is 0 Å². The Hall–Kier alpha value is -1.61. The number of unbranched alkanes of at least 4 members (excludes halogenated alkanes) is 2. The van der Waals surface area contributed by atoms with Crippen molar-refractivity contribution in [2.45, 2.75) is 39.0 Å². The lowest BCUT2D eigenvalue weighted by Crippen LogP contribution is -1.99. The fourth-order valence-corrected chi connectivity index (χ4v) is 2.81. The Balaban J connectivity index is 1.75. The van der Waals surface area contributed by atoms with E-state index >= 15 is 0 Å². The molecular formula is C18H22O2S. The van der Waals surface area contributed by atoms with Crippen molar-refractivity contribution in [2.75, 3.05) is 6.61 Å². The number of ketones is 1. The van der Waals surface area contributed by atoms with Gasteiger partial charge in [-0.2, -0.15) is 0 Å². The summed E-state index contributed by atoms with van der Waals surface area (Å²) in [6, 6.07) is 11.9. The molecule has 1 aromatic carbocycles. The van der Waals surface area contributed by atoms with Crippen LogP contribution < -0.4 is 4.74 Å². The van der Waals surface area contributed by atoms with E-state index in [9.17, 15) is 4.79 Å². The maximum Gasteiger partial charge on any atom is 0.173 e. The Morgan fingerprint density at radius 3 is 2.62 bits per heavy atom. The third kappa shape index (κ3) is 5.35. The molecule has 112 valence electrons. The van der Waals surface area contributed by atoms with E-state index < -0.39 is 0 Å². The van der Waals surface area contributed by atoms with Crippen LogP contribution in [0.5, 0.6) is 5.75 Å². The van der Waals surface area contributed by atoms with Gasteiger partial charge in [0.25, 0.3) is 0 Å². The minimum atomic E-state index is 0.227. The van der Waals surface area contributed by atoms with Gasteiger partial charge in [0.2, 0.25) is 0 Å². The van der Waals surface area contributed by atoms with Crippen molar-refractivity contribution >= 4 is 17.1 Å². The second-order valence-electron chi connectivity index (χ2n) is 5.10. The van der Waals surface area contributed by atoms with Crippen molar-refractivity contribution in [3.63, 3.8) is 0 Å². The van der Waals surface area contributed by atoms with E-state index in [2.05, 4.69) is 19.1 Å². The minimum Gasteiger partial charge on any atom is -0.494 e. The largest absolute Gasteiger partial charge is 0.494 e. The zero-order chi connectivity index (χ0) is 14.9. The van der Waals surface area contributed by atoms with E-state index in [0.29, 0.717) is 6.42 Å². The van der Waals surface area contributed by atoms with Gasteiger partial charge in [-0.25, -0.2) is 0 Å². The second-order valence-corrected chi connectivity index (χ2v) is 6.05. The standard InChI is InChI=1S/C18H22O2S/c1-2-3-4-13-20-16-10-7-15(8-11-16)9-12-17(19)18-6-5-14-21-18/h5-8,10-11,14H,2-4,9,12-13H2,1H3. The van der Waals surface area contributed by atoms with Gasteiger partial charge in [0.1, 0.15) is 5.75 Å². The van der Waals surface area contributed by atoms with Gasteiger partial charge < -0.3 is 4.74 Å². The van der Waals surface area contributed by atoms with Crippen LogP contribution in [0.15, 0.2) is 41.8 Å². The first-order valence-corrected chi connectivity index (χ1v) is 8.46. The molecule has 2 aromatic rings. The lowest BCUT2D eigenvalue weighted by atomic mass is 10.1. The van der Waals surface area contributed by atoms with E-state index in [1.807, 2.05) is 29.6 Å². The molecule has 0 amide bonds. The quantitative estimate of drug-likeness (QED) is 0.474. The van der Waals surface area contributed by atoms with Gasteiger partial charge in [-0.05, 0) is 42.0 Å². The zero-order valence-electron chi connectivity index (χ0n) is 12.5. The van der Waals surface area contributed by atoms with Crippen LogP contribution in [0.4, 0.5) is 0 Å². The molecule has 2 nitrogen and oxygen atoms in total. The number of rotatable bonds is 9. The number of aryl methyl sites for hydroxylation is 1. The van der Waals surface area contributed by atoms with Crippen molar-refractivity contribution in [3.8, 4) is 5.75 Å². The number of hydrogen-bond donors (Lipinski definition) is 0. The highest BCUT2D eigenvalue weighted by molar-refractivity contribution is 7.12. The fraction of sp³-hybridized carbons (Fsp3) is 0.389. The predicted molar refractivity (Wildman–Crippen MR) is 88.4 cm³/mol. The third-order valence-electron chi connectivity index (χ3n) is 3.38. The number of benzene rings is 1. The van der Waals surface area contributed by atoms with Gasteiger partial charge in [0.15, 0.2) is 5.78 Å². The first-order valence-electron chi connectivity index (χ1n) is 7.58. The summed E-state index contributed by atoms with van der Waals surface area (Å²) < 4.78 is 5.68. The van der Waals surface area contributed by atoms with E-state index in [4.69, 9.17) is 4.74 Å². The highest BCUT2D eigenvalue weighted by atomic mass is 32.1. The summed E-state index contributed by atoms with van der Waals surface area (Å²) in [5.74, 6) is 1.14. The highest BCUT2D eigenvalue weighted by Gasteiger charge is 2.06. The molecule has 0 fully saturated rings. The normalized spacial score (nSPS) is 10.5. The number of carbonyl (C=O) groups is 1. The van der Waals surface area contributed by atoms with Crippen LogP contribution in [0, 0.1) is 0 Å². The van der Waals surface area contributed by atoms with E-state index in [0.717, 1.165) is 30.1 Å². The van der Waals surface area contributed by atoms with Crippen molar-refractivity contribution in [1.82, 2.24) is 0 Å². The summed E-state index contributed by atoms with van der Waals surface area (Å²) in [5.41, 5.74) is 1.18. The molecule has 0 aliphatic rings. The minimum absolute atomic E-state index is 0.227. The maximum absolute atomic E-state index is 11.9. The third-order valence-corrected chi connectivity index (χ3v) is 4.29. The SMILES string of the molecule is CCCCCOc1ccc(CCC(=O)c2cccs2)cc1. The summed E-state index contributed by atoms with van der Waals surface area (Å²) in [5, 5.41) is 1.94. The molecule has 1 heterocycles. The Morgan fingerprint density at radius 1 is 1.14 bits per heavy atom. The van der Waals surface area contributed by atoms with Crippen molar-refractivity contribution < 1.29 is 9.53 Å². The summed E-state index contributed by atoms with van der Waals surface area (Å²) in [6.45, 7) is 2.97. The molecule has 1 aromatic heterocycles. The van der Waals surface area contributed by atoms with Gasteiger partial charge in [-0.3, -0.25) is 4.79 Å². The van der Waals surface area contributed by atoms with E-state index in [1.54, 1.807) is 0 Å². The highest BCUT2D eigenvalue weighted by Crippen LogP contribution is 2.16. The van der Waals surface area contributed by atoms with Gasteiger partial charge in [-0.15, -0.1) is 11.3 Å². The number of carbonyl (C=O) groups excluding carboxylic acids is 1. The Bertz CT molecular complexity index is 529. The molecule has 0 saturated carbocycles. The molecule has 0 unspecified atom stereocenters. The van der Waals surface area contributed by atoms with E-state index in [1.165, 1.54) is 29.7 Å². The first-order chi connectivity index (χ1) is 10.3. The molecule has 21 heavy (non-hydrogen) atoms. The van der Waals surface area contributed by atoms with Crippen LogP contribution in [0.1, 0.15) is 47.8 Å². The second kappa shape index (κ2) is 8.63. The number of hydrogen-bond acceptors (Lipinski definition) is 3. The lowest BCUT2D eigenvalue weighted by molar-refractivity contribution is 0.0987. The van der Waals surface area contributed by atoms with Gasteiger partial charge in [0.05, 0.1) is 11.5 Å². The molecule has 0 saturated heterocycles.